The zero-order valence-electron chi connectivity index (χ0n) is 13.3. The predicted molar refractivity (Wildman–Crippen MR) is 82.8 cm³/mol. The first-order valence-corrected chi connectivity index (χ1v) is 9.25. The summed E-state index contributed by atoms with van der Waals surface area (Å²) in [4.78, 5) is 13.7. The van der Waals surface area contributed by atoms with Crippen molar-refractivity contribution in [2.75, 3.05) is 26.4 Å². The van der Waals surface area contributed by atoms with Crippen LogP contribution in [0.3, 0.4) is 0 Å². The zero-order valence-corrected chi connectivity index (χ0v) is 14.1. The van der Waals surface area contributed by atoms with Crippen molar-refractivity contribution in [2.24, 2.45) is 5.92 Å². The van der Waals surface area contributed by atoms with E-state index in [2.05, 4.69) is 4.72 Å². The summed E-state index contributed by atoms with van der Waals surface area (Å²) >= 11 is 0. The van der Waals surface area contributed by atoms with Crippen LogP contribution < -0.4 is 4.72 Å². The van der Waals surface area contributed by atoms with Crippen molar-refractivity contribution in [3.63, 3.8) is 0 Å². The normalized spacial score (nSPS) is 20.7. The minimum Gasteiger partial charge on any atom is -0.344 e. The number of alkyl halides is 3. The van der Waals surface area contributed by atoms with Gasteiger partial charge in [-0.15, -0.1) is 0 Å². The zero-order chi connectivity index (χ0) is 18.1. The van der Waals surface area contributed by atoms with Crippen LogP contribution in [0.25, 0.3) is 0 Å². The number of halogens is 3. The van der Waals surface area contributed by atoms with E-state index in [0.717, 1.165) is 18.4 Å². The van der Waals surface area contributed by atoms with Crippen molar-refractivity contribution in [3.8, 4) is 0 Å². The smallest absolute Gasteiger partial charge is 0.344 e. The highest BCUT2D eigenvalue weighted by Gasteiger charge is 2.45. The van der Waals surface area contributed by atoms with Gasteiger partial charge in [0.05, 0.1) is 11.8 Å². The van der Waals surface area contributed by atoms with Gasteiger partial charge in [-0.25, -0.2) is 13.1 Å². The van der Waals surface area contributed by atoms with Gasteiger partial charge in [0.25, 0.3) is 0 Å². The van der Waals surface area contributed by atoms with E-state index >= 15 is 0 Å². The fraction of sp³-hybridized carbons (Fsp3) is 0.533. The number of rotatable bonds is 6. The molecule has 2 rings (SSSR count). The largest absolute Gasteiger partial charge is 0.416 e. The van der Waals surface area contributed by atoms with E-state index in [4.69, 9.17) is 0 Å². The van der Waals surface area contributed by atoms with E-state index in [1.165, 1.54) is 11.0 Å². The number of likely N-dealkylation sites (N-methyl/N-ethyl adjacent to an activating group) is 1. The molecule has 1 aliphatic rings. The molecule has 0 bridgehead atoms. The van der Waals surface area contributed by atoms with Crippen LogP contribution >= 0.6 is 0 Å². The molecule has 0 spiro atoms. The van der Waals surface area contributed by atoms with Gasteiger partial charge in [-0.05, 0) is 24.0 Å². The van der Waals surface area contributed by atoms with Crippen molar-refractivity contribution in [3.05, 3.63) is 35.4 Å². The second-order valence-corrected chi connectivity index (χ2v) is 7.83. The second kappa shape index (κ2) is 6.72. The fourth-order valence-electron chi connectivity index (χ4n) is 2.57. The number of hydrogen-bond donors (Lipinski definition) is 1. The molecule has 1 N–H and O–H groups in total. The Morgan fingerprint density at radius 2 is 2.04 bits per heavy atom. The number of sulfonamides is 1. The highest BCUT2D eigenvalue weighted by Crippen LogP contribution is 2.49. The van der Waals surface area contributed by atoms with Crippen molar-refractivity contribution in [1.29, 1.82) is 0 Å². The highest BCUT2D eigenvalue weighted by atomic mass is 32.2. The summed E-state index contributed by atoms with van der Waals surface area (Å²) in [5.41, 5.74) is -0.213. The van der Waals surface area contributed by atoms with Gasteiger partial charge in [0.2, 0.25) is 15.9 Å². The van der Waals surface area contributed by atoms with Crippen molar-refractivity contribution < 1.29 is 26.4 Å². The average molecular weight is 364 g/mol. The van der Waals surface area contributed by atoms with Crippen molar-refractivity contribution in [2.45, 2.75) is 18.5 Å². The molecule has 2 unspecified atom stereocenters. The molecule has 1 amide bonds. The number of benzene rings is 1. The third-order valence-corrected chi connectivity index (χ3v) is 4.67. The van der Waals surface area contributed by atoms with Crippen molar-refractivity contribution in [1.82, 2.24) is 9.62 Å². The van der Waals surface area contributed by atoms with E-state index in [1.807, 2.05) is 0 Å². The number of carbonyl (C=O) groups is 1. The Balaban J connectivity index is 1.93. The first-order valence-electron chi connectivity index (χ1n) is 7.36. The standard InChI is InChI=1S/C15H19F3N2O3S/c1-20(7-6-19-24(2,22)23)14(21)13-9-12(13)10-4-3-5-11(8-10)15(16,17)18/h3-5,8,12-13,19H,6-7,9H2,1-2H3. The van der Waals surface area contributed by atoms with E-state index in [0.29, 0.717) is 12.0 Å². The SMILES string of the molecule is CN(CCNS(C)(=O)=O)C(=O)C1CC1c1cccc(C(F)(F)F)c1. The van der Waals surface area contributed by atoms with Gasteiger partial charge < -0.3 is 4.90 Å². The van der Waals surface area contributed by atoms with E-state index < -0.39 is 21.8 Å². The van der Waals surface area contributed by atoms with Gasteiger partial charge in [0.1, 0.15) is 0 Å². The molecular weight excluding hydrogens is 345 g/mol. The summed E-state index contributed by atoms with van der Waals surface area (Å²) in [6, 6.07) is 5.03. The predicted octanol–water partition coefficient (Wildman–Crippen LogP) is 1.82. The quantitative estimate of drug-likeness (QED) is 0.837. The van der Waals surface area contributed by atoms with Crippen LogP contribution in [0.4, 0.5) is 13.2 Å². The molecule has 134 valence electrons. The number of amides is 1. The lowest BCUT2D eigenvalue weighted by molar-refractivity contribution is -0.137. The summed E-state index contributed by atoms with van der Waals surface area (Å²) < 4.78 is 62.5. The van der Waals surface area contributed by atoms with Crippen LogP contribution in [-0.2, 0) is 21.0 Å². The van der Waals surface area contributed by atoms with Gasteiger partial charge in [-0.1, -0.05) is 18.2 Å². The minimum absolute atomic E-state index is 0.0992. The maximum absolute atomic E-state index is 12.7. The topological polar surface area (TPSA) is 66.5 Å². The molecule has 1 fully saturated rings. The lowest BCUT2D eigenvalue weighted by Crippen LogP contribution is -2.36. The molecule has 5 nitrogen and oxygen atoms in total. The van der Waals surface area contributed by atoms with Crippen LogP contribution in [-0.4, -0.2) is 45.6 Å². The Hall–Kier alpha value is -1.61. The second-order valence-electron chi connectivity index (χ2n) is 6.00. The number of nitrogens with one attached hydrogen (secondary N) is 1. The summed E-state index contributed by atoms with van der Waals surface area (Å²) in [5.74, 6) is -0.755. The van der Waals surface area contributed by atoms with Crippen LogP contribution in [0.1, 0.15) is 23.5 Å². The Morgan fingerprint density at radius 3 is 2.62 bits per heavy atom. The lowest BCUT2D eigenvalue weighted by atomic mass is 10.1. The molecule has 0 saturated heterocycles. The van der Waals surface area contributed by atoms with Gasteiger partial charge in [0, 0.05) is 26.1 Å². The van der Waals surface area contributed by atoms with Crippen LogP contribution in [0.15, 0.2) is 24.3 Å². The summed E-state index contributed by atoms with van der Waals surface area (Å²) in [6.45, 7) is 0.305. The minimum atomic E-state index is -4.40. The molecule has 2 atom stereocenters. The van der Waals surface area contributed by atoms with Gasteiger partial charge >= 0.3 is 6.18 Å². The Kier molecular flexibility index (Phi) is 5.24. The molecule has 1 aromatic carbocycles. The Bertz CT molecular complexity index is 719. The van der Waals surface area contributed by atoms with Crippen molar-refractivity contribution >= 4 is 15.9 Å². The summed E-state index contributed by atoms with van der Waals surface area (Å²) in [6.07, 6.45) is -2.87. The number of nitrogens with zero attached hydrogens (tertiary/aromatic N) is 1. The van der Waals surface area contributed by atoms with Gasteiger partial charge in [-0.2, -0.15) is 13.2 Å². The molecular formula is C15H19F3N2O3S. The van der Waals surface area contributed by atoms with Crippen LogP contribution in [0, 0.1) is 5.92 Å². The Labute approximate surface area is 138 Å². The molecule has 24 heavy (non-hydrogen) atoms. The summed E-state index contributed by atoms with van der Waals surface area (Å²) in [7, 11) is -1.77. The molecule has 0 radical (unpaired) electrons. The molecule has 1 saturated carbocycles. The third-order valence-electron chi connectivity index (χ3n) is 3.94. The van der Waals surface area contributed by atoms with Gasteiger partial charge in [-0.3, -0.25) is 4.79 Å². The van der Waals surface area contributed by atoms with E-state index in [-0.39, 0.29) is 30.8 Å². The van der Waals surface area contributed by atoms with E-state index in [1.54, 1.807) is 13.1 Å². The van der Waals surface area contributed by atoms with Crippen LogP contribution in [0.5, 0.6) is 0 Å². The first-order chi connectivity index (χ1) is 11.0. The maximum atomic E-state index is 12.7. The fourth-order valence-corrected chi connectivity index (χ4v) is 3.04. The van der Waals surface area contributed by atoms with E-state index in [9.17, 15) is 26.4 Å². The molecule has 0 aliphatic heterocycles. The maximum Gasteiger partial charge on any atom is 0.416 e. The average Bonchev–Trinajstić information content (AvgIpc) is 3.24. The molecule has 0 heterocycles. The first kappa shape index (κ1) is 18.7. The monoisotopic (exact) mass is 364 g/mol. The van der Waals surface area contributed by atoms with Crippen LogP contribution in [0.2, 0.25) is 0 Å². The van der Waals surface area contributed by atoms with Gasteiger partial charge in [0.15, 0.2) is 0 Å². The molecule has 1 aliphatic carbocycles. The molecule has 1 aromatic rings. The lowest BCUT2D eigenvalue weighted by Gasteiger charge is -2.17. The Morgan fingerprint density at radius 1 is 1.38 bits per heavy atom. The molecule has 0 aromatic heterocycles. The summed E-state index contributed by atoms with van der Waals surface area (Å²) in [5, 5.41) is 0. The third kappa shape index (κ3) is 4.94. The number of carbonyl (C=O) groups excluding carboxylic acids is 1. The highest BCUT2D eigenvalue weighted by molar-refractivity contribution is 7.88. The number of hydrogen-bond acceptors (Lipinski definition) is 3. The molecule has 9 heteroatoms.